The van der Waals surface area contributed by atoms with Crippen molar-refractivity contribution in [3.05, 3.63) is 0 Å². The molecule has 0 radical (unpaired) electrons. The highest BCUT2D eigenvalue weighted by atomic mass is 32.2. The number of thioether (sulfide) groups is 1. The average Bonchev–Trinajstić information content (AvgIpc) is 2.03. The summed E-state index contributed by atoms with van der Waals surface area (Å²) in [6.45, 7) is 6.61. The van der Waals surface area contributed by atoms with E-state index < -0.39 is 0 Å². The first-order chi connectivity index (χ1) is 6.05. The Bertz CT molecular complexity index is 194. The molecule has 4 heteroatoms. The minimum Gasteiger partial charge on any atom is -0.339 e. The second-order valence-electron chi connectivity index (χ2n) is 3.95. The van der Waals surface area contributed by atoms with E-state index in [1.807, 2.05) is 23.7 Å². The molecule has 1 aliphatic heterocycles. The smallest absolute Gasteiger partial charge is 0.236 e. The molecule has 76 valence electrons. The quantitative estimate of drug-likeness (QED) is 0.710. The SMILES string of the molecule is CNCC(=O)N1CCSC(C)(C)C1. The Kier molecular flexibility index (Phi) is 3.62. The molecule has 1 aliphatic rings. The van der Waals surface area contributed by atoms with Crippen molar-refractivity contribution in [1.82, 2.24) is 10.2 Å². The molecule has 0 aromatic heterocycles. The molecule has 1 saturated heterocycles. The molecule has 1 N–H and O–H groups in total. The van der Waals surface area contributed by atoms with Crippen LogP contribution >= 0.6 is 11.8 Å². The van der Waals surface area contributed by atoms with Gasteiger partial charge in [0, 0.05) is 23.6 Å². The monoisotopic (exact) mass is 202 g/mol. The Hall–Kier alpha value is -0.220. The summed E-state index contributed by atoms with van der Waals surface area (Å²) in [7, 11) is 1.81. The van der Waals surface area contributed by atoms with Crippen LogP contribution in [0.4, 0.5) is 0 Å². The molecule has 0 atom stereocenters. The first-order valence-corrected chi connectivity index (χ1v) is 5.60. The van der Waals surface area contributed by atoms with Gasteiger partial charge in [-0.05, 0) is 20.9 Å². The van der Waals surface area contributed by atoms with Gasteiger partial charge < -0.3 is 10.2 Å². The van der Waals surface area contributed by atoms with E-state index >= 15 is 0 Å². The molecule has 13 heavy (non-hydrogen) atoms. The van der Waals surface area contributed by atoms with Gasteiger partial charge in [0.05, 0.1) is 6.54 Å². The summed E-state index contributed by atoms with van der Waals surface area (Å²) in [4.78, 5) is 13.5. The van der Waals surface area contributed by atoms with Crippen LogP contribution in [-0.4, -0.2) is 48.0 Å². The minimum atomic E-state index is 0.218. The van der Waals surface area contributed by atoms with Crippen molar-refractivity contribution < 1.29 is 4.79 Å². The fourth-order valence-electron chi connectivity index (χ4n) is 1.49. The maximum absolute atomic E-state index is 11.5. The number of carbonyl (C=O) groups is 1. The molecule has 0 aromatic carbocycles. The third kappa shape index (κ3) is 3.19. The van der Waals surface area contributed by atoms with Crippen molar-refractivity contribution in [1.29, 1.82) is 0 Å². The van der Waals surface area contributed by atoms with E-state index in [2.05, 4.69) is 19.2 Å². The Balaban J connectivity index is 2.47. The van der Waals surface area contributed by atoms with Gasteiger partial charge in [0.25, 0.3) is 0 Å². The standard InChI is InChI=1S/C9H18N2OS/c1-9(2)7-11(4-5-13-9)8(12)6-10-3/h10H,4-7H2,1-3H3. The number of nitrogens with one attached hydrogen (secondary N) is 1. The zero-order chi connectivity index (χ0) is 9.90. The van der Waals surface area contributed by atoms with Crippen LogP contribution in [0.5, 0.6) is 0 Å². The predicted molar refractivity (Wildman–Crippen MR) is 57.0 cm³/mol. The normalized spacial score (nSPS) is 21.6. The third-order valence-corrected chi connectivity index (χ3v) is 3.40. The third-order valence-electron chi connectivity index (χ3n) is 2.11. The van der Waals surface area contributed by atoms with E-state index in [-0.39, 0.29) is 10.7 Å². The number of hydrogen-bond acceptors (Lipinski definition) is 3. The molecule has 1 amide bonds. The maximum Gasteiger partial charge on any atom is 0.236 e. The number of carbonyl (C=O) groups excluding carboxylic acids is 1. The molecule has 0 aromatic rings. The van der Waals surface area contributed by atoms with E-state index in [0.717, 1.165) is 18.8 Å². The Morgan fingerprint density at radius 1 is 1.62 bits per heavy atom. The lowest BCUT2D eigenvalue weighted by Crippen LogP contribution is -2.48. The van der Waals surface area contributed by atoms with Crippen molar-refractivity contribution in [3.63, 3.8) is 0 Å². The highest BCUT2D eigenvalue weighted by Crippen LogP contribution is 2.29. The fraction of sp³-hybridized carbons (Fsp3) is 0.889. The van der Waals surface area contributed by atoms with Gasteiger partial charge in [-0.15, -0.1) is 0 Å². The van der Waals surface area contributed by atoms with Crippen LogP contribution in [0, 0.1) is 0 Å². The molecule has 1 heterocycles. The molecule has 0 spiro atoms. The van der Waals surface area contributed by atoms with Gasteiger partial charge in [0.15, 0.2) is 0 Å². The Morgan fingerprint density at radius 3 is 2.85 bits per heavy atom. The summed E-state index contributed by atoms with van der Waals surface area (Å²) in [5, 5.41) is 2.89. The lowest BCUT2D eigenvalue weighted by Gasteiger charge is -2.37. The first-order valence-electron chi connectivity index (χ1n) is 4.61. The van der Waals surface area contributed by atoms with Crippen molar-refractivity contribution in [2.24, 2.45) is 0 Å². The van der Waals surface area contributed by atoms with Crippen molar-refractivity contribution >= 4 is 17.7 Å². The highest BCUT2D eigenvalue weighted by molar-refractivity contribution is 8.00. The predicted octanol–water partition coefficient (Wildman–Crippen LogP) is 0.560. The van der Waals surface area contributed by atoms with E-state index in [1.54, 1.807) is 0 Å². The first kappa shape index (κ1) is 10.9. The molecular formula is C9H18N2OS. The summed E-state index contributed by atoms with van der Waals surface area (Å²) in [6.07, 6.45) is 0. The van der Waals surface area contributed by atoms with Crippen LogP contribution in [-0.2, 0) is 4.79 Å². The minimum absolute atomic E-state index is 0.218. The second-order valence-corrected chi connectivity index (χ2v) is 5.76. The Labute approximate surface area is 84.2 Å². The molecule has 0 unspecified atom stereocenters. The number of rotatable bonds is 2. The van der Waals surface area contributed by atoms with Crippen molar-refractivity contribution in [2.75, 3.05) is 32.4 Å². The van der Waals surface area contributed by atoms with Crippen LogP contribution in [0.1, 0.15) is 13.8 Å². The zero-order valence-electron chi connectivity index (χ0n) is 8.59. The topological polar surface area (TPSA) is 32.3 Å². The van der Waals surface area contributed by atoms with Crippen LogP contribution in [0.3, 0.4) is 0 Å². The molecule has 1 fully saturated rings. The largest absolute Gasteiger partial charge is 0.339 e. The van der Waals surface area contributed by atoms with Gasteiger partial charge >= 0.3 is 0 Å². The van der Waals surface area contributed by atoms with E-state index in [9.17, 15) is 4.79 Å². The van der Waals surface area contributed by atoms with E-state index in [4.69, 9.17) is 0 Å². The summed E-state index contributed by atoms with van der Waals surface area (Å²) in [6, 6.07) is 0. The van der Waals surface area contributed by atoms with E-state index in [1.165, 1.54) is 0 Å². The van der Waals surface area contributed by atoms with Crippen LogP contribution in [0.25, 0.3) is 0 Å². The van der Waals surface area contributed by atoms with Gasteiger partial charge in [0.1, 0.15) is 0 Å². The maximum atomic E-state index is 11.5. The van der Waals surface area contributed by atoms with Crippen molar-refractivity contribution in [2.45, 2.75) is 18.6 Å². The summed E-state index contributed by atoms with van der Waals surface area (Å²) < 4.78 is 0.224. The molecule has 1 rings (SSSR count). The highest BCUT2D eigenvalue weighted by Gasteiger charge is 2.29. The van der Waals surface area contributed by atoms with Gasteiger partial charge in [0.2, 0.25) is 5.91 Å². The van der Waals surface area contributed by atoms with Gasteiger partial charge in [-0.2, -0.15) is 11.8 Å². The summed E-state index contributed by atoms with van der Waals surface area (Å²) >= 11 is 1.95. The number of likely N-dealkylation sites (N-methyl/N-ethyl adjacent to an activating group) is 1. The van der Waals surface area contributed by atoms with Crippen LogP contribution < -0.4 is 5.32 Å². The van der Waals surface area contributed by atoms with Crippen LogP contribution in [0.15, 0.2) is 0 Å². The van der Waals surface area contributed by atoms with Crippen molar-refractivity contribution in [3.8, 4) is 0 Å². The van der Waals surface area contributed by atoms with Crippen LogP contribution in [0.2, 0.25) is 0 Å². The van der Waals surface area contributed by atoms with Gasteiger partial charge in [-0.1, -0.05) is 0 Å². The fourth-order valence-corrected chi connectivity index (χ4v) is 2.60. The molecular weight excluding hydrogens is 184 g/mol. The number of nitrogens with zero attached hydrogens (tertiary/aromatic N) is 1. The Morgan fingerprint density at radius 2 is 2.31 bits per heavy atom. The summed E-state index contributed by atoms with van der Waals surface area (Å²) in [5.74, 6) is 1.28. The average molecular weight is 202 g/mol. The van der Waals surface area contributed by atoms with E-state index in [0.29, 0.717) is 6.54 Å². The molecule has 0 bridgehead atoms. The molecule has 3 nitrogen and oxygen atoms in total. The lowest BCUT2D eigenvalue weighted by atomic mass is 10.2. The number of amides is 1. The van der Waals surface area contributed by atoms with Gasteiger partial charge in [-0.3, -0.25) is 4.79 Å². The second kappa shape index (κ2) is 4.33. The molecule has 0 aliphatic carbocycles. The number of hydrogen-bond donors (Lipinski definition) is 1. The summed E-state index contributed by atoms with van der Waals surface area (Å²) in [5.41, 5.74) is 0. The zero-order valence-corrected chi connectivity index (χ0v) is 9.41. The molecule has 0 saturated carbocycles. The lowest BCUT2D eigenvalue weighted by molar-refractivity contribution is -0.130. The van der Waals surface area contributed by atoms with Gasteiger partial charge in [-0.25, -0.2) is 0 Å².